The average Bonchev–Trinajstić information content (AvgIpc) is 2.53. The minimum absolute atomic E-state index is 0.183. The van der Waals surface area contributed by atoms with E-state index in [1.165, 1.54) is 25.3 Å². The number of benzene rings is 1. The molecular formula is C15H19BN2O6. The lowest BCUT2D eigenvalue weighted by Gasteiger charge is -2.29. The van der Waals surface area contributed by atoms with E-state index in [-0.39, 0.29) is 17.6 Å². The molecule has 9 heteroatoms. The lowest BCUT2D eigenvalue weighted by molar-refractivity contribution is -0.139. The van der Waals surface area contributed by atoms with Crippen molar-refractivity contribution in [2.45, 2.75) is 19.9 Å². The van der Waals surface area contributed by atoms with Crippen LogP contribution in [-0.4, -0.2) is 42.9 Å². The van der Waals surface area contributed by atoms with Crippen LogP contribution in [0.25, 0.3) is 0 Å². The van der Waals surface area contributed by atoms with Gasteiger partial charge in [-0.2, -0.15) is 0 Å². The van der Waals surface area contributed by atoms with Crippen molar-refractivity contribution < 1.29 is 29.1 Å². The van der Waals surface area contributed by atoms with Crippen LogP contribution in [0, 0.1) is 0 Å². The number of hydrogen-bond donors (Lipinski definition) is 4. The normalized spacial score (nSPS) is 17.0. The van der Waals surface area contributed by atoms with Gasteiger partial charge in [0.2, 0.25) is 0 Å². The van der Waals surface area contributed by atoms with E-state index < -0.39 is 25.2 Å². The molecule has 24 heavy (non-hydrogen) atoms. The molecule has 1 unspecified atom stereocenters. The lowest BCUT2D eigenvalue weighted by atomic mass is 9.78. The molecule has 1 atom stereocenters. The SMILES string of the molecule is CCOC(=O)C1=C(C)NC(=O)NC1c1cc(B(O)O)ccc1OC. The highest BCUT2D eigenvalue weighted by Crippen LogP contribution is 2.32. The van der Waals surface area contributed by atoms with Crippen LogP contribution in [0.5, 0.6) is 5.75 Å². The molecule has 1 aliphatic heterocycles. The number of esters is 1. The second-order valence-electron chi connectivity index (χ2n) is 5.17. The third-order valence-corrected chi connectivity index (χ3v) is 3.63. The van der Waals surface area contributed by atoms with Crippen molar-refractivity contribution in [2.75, 3.05) is 13.7 Å². The van der Waals surface area contributed by atoms with Gasteiger partial charge in [0.15, 0.2) is 0 Å². The molecule has 0 saturated carbocycles. The molecule has 2 rings (SSSR count). The first-order valence-electron chi connectivity index (χ1n) is 7.38. The van der Waals surface area contributed by atoms with E-state index in [1.807, 2.05) is 0 Å². The first-order chi connectivity index (χ1) is 11.4. The molecule has 1 aliphatic rings. The Balaban J connectivity index is 2.58. The van der Waals surface area contributed by atoms with Crippen LogP contribution in [0.15, 0.2) is 29.5 Å². The van der Waals surface area contributed by atoms with Gasteiger partial charge in [0, 0.05) is 11.3 Å². The van der Waals surface area contributed by atoms with E-state index in [4.69, 9.17) is 9.47 Å². The Morgan fingerprint density at radius 2 is 2.08 bits per heavy atom. The van der Waals surface area contributed by atoms with Crippen molar-refractivity contribution in [1.82, 2.24) is 10.6 Å². The molecule has 1 aromatic carbocycles. The van der Waals surface area contributed by atoms with E-state index in [9.17, 15) is 19.6 Å². The molecule has 0 saturated heterocycles. The third-order valence-electron chi connectivity index (χ3n) is 3.63. The maximum atomic E-state index is 12.3. The summed E-state index contributed by atoms with van der Waals surface area (Å²) in [5.41, 5.74) is 1.21. The minimum atomic E-state index is -1.69. The number of rotatable bonds is 5. The summed E-state index contributed by atoms with van der Waals surface area (Å²) in [6, 6.07) is 3.16. The summed E-state index contributed by atoms with van der Waals surface area (Å²) < 4.78 is 10.3. The lowest BCUT2D eigenvalue weighted by Crippen LogP contribution is -2.45. The molecular weight excluding hydrogens is 315 g/mol. The summed E-state index contributed by atoms with van der Waals surface area (Å²) in [4.78, 5) is 24.2. The van der Waals surface area contributed by atoms with Crippen LogP contribution in [0.2, 0.25) is 0 Å². The molecule has 1 heterocycles. The topological polar surface area (TPSA) is 117 Å². The van der Waals surface area contributed by atoms with Crippen LogP contribution in [0.3, 0.4) is 0 Å². The monoisotopic (exact) mass is 334 g/mol. The average molecular weight is 334 g/mol. The molecule has 0 spiro atoms. The van der Waals surface area contributed by atoms with Crippen molar-refractivity contribution in [3.63, 3.8) is 0 Å². The largest absolute Gasteiger partial charge is 0.496 e. The van der Waals surface area contributed by atoms with Crippen LogP contribution < -0.4 is 20.8 Å². The molecule has 0 fully saturated rings. The number of urea groups is 1. The predicted molar refractivity (Wildman–Crippen MR) is 86.6 cm³/mol. The summed E-state index contributed by atoms with van der Waals surface area (Å²) >= 11 is 0. The summed E-state index contributed by atoms with van der Waals surface area (Å²) in [6.07, 6.45) is 0. The van der Waals surface area contributed by atoms with Gasteiger partial charge in [-0.25, -0.2) is 9.59 Å². The van der Waals surface area contributed by atoms with E-state index >= 15 is 0 Å². The Morgan fingerprint density at radius 3 is 2.67 bits per heavy atom. The molecule has 4 N–H and O–H groups in total. The van der Waals surface area contributed by atoms with Gasteiger partial charge in [-0.15, -0.1) is 0 Å². The second kappa shape index (κ2) is 7.37. The zero-order valence-electron chi connectivity index (χ0n) is 13.6. The number of nitrogens with one attached hydrogen (secondary N) is 2. The number of carbonyl (C=O) groups excluding carboxylic acids is 2. The Bertz CT molecular complexity index is 689. The molecule has 0 radical (unpaired) electrons. The first kappa shape index (κ1) is 17.8. The smallest absolute Gasteiger partial charge is 0.488 e. The van der Waals surface area contributed by atoms with Crippen LogP contribution >= 0.6 is 0 Å². The molecule has 1 aromatic rings. The summed E-state index contributed by atoms with van der Waals surface area (Å²) in [7, 11) is -0.250. The van der Waals surface area contributed by atoms with Gasteiger partial charge in [-0.3, -0.25) is 0 Å². The molecule has 128 valence electrons. The van der Waals surface area contributed by atoms with Crippen molar-refractivity contribution >= 4 is 24.6 Å². The molecule has 2 amide bonds. The molecule has 0 aliphatic carbocycles. The van der Waals surface area contributed by atoms with Gasteiger partial charge < -0.3 is 30.2 Å². The fourth-order valence-corrected chi connectivity index (χ4v) is 2.55. The Morgan fingerprint density at radius 1 is 1.38 bits per heavy atom. The van der Waals surface area contributed by atoms with Crippen molar-refractivity contribution in [1.29, 1.82) is 0 Å². The summed E-state index contributed by atoms with van der Waals surface area (Å²) in [5.74, 6) is -0.189. The van der Waals surface area contributed by atoms with Gasteiger partial charge >= 0.3 is 19.1 Å². The maximum absolute atomic E-state index is 12.3. The van der Waals surface area contributed by atoms with Gasteiger partial charge in [-0.1, -0.05) is 12.1 Å². The van der Waals surface area contributed by atoms with Crippen molar-refractivity contribution in [3.8, 4) is 5.75 Å². The zero-order valence-corrected chi connectivity index (χ0v) is 13.6. The van der Waals surface area contributed by atoms with E-state index in [1.54, 1.807) is 13.8 Å². The number of ether oxygens (including phenoxy) is 2. The minimum Gasteiger partial charge on any atom is -0.496 e. The van der Waals surface area contributed by atoms with Crippen LogP contribution in [-0.2, 0) is 9.53 Å². The van der Waals surface area contributed by atoms with Crippen LogP contribution in [0.1, 0.15) is 25.5 Å². The Hall–Kier alpha value is -2.52. The van der Waals surface area contributed by atoms with Crippen molar-refractivity contribution in [3.05, 3.63) is 35.0 Å². The van der Waals surface area contributed by atoms with Crippen LogP contribution in [0.4, 0.5) is 4.79 Å². The molecule has 8 nitrogen and oxygen atoms in total. The number of methoxy groups -OCH3 is 1. The van der Waals surface area contributed by atoms with Crippen molar-refractivity contribution in [2.24, 2.45) is 0 Å². The molecule has 0 bridgehead atoms. The van der Waals surface area contributed by atoms with Gasteiger partial charge in [0.25, 0.3) is 0 Å². The number of allylic oxidation sites excluding steroid dienone is 1. The highest BCUT2D eigenvalue weighted by molar-refractivity contribution is 6.58. The van der Waals surface area contributed by atoms with Gasteiger partial charge in [0.1, 0.15) is 5.75 Å². The summed E-state index contributed by atoms with van der Waals surface area (Å²) in [6.45, 7) is 3.46. The Labute approximate surface area is 139 Å². The van der Waals surface area contributed by atoms with E-state index in [0.29, 0.717) is 17.0 Å². The quantitative estimate of drug-likeness (QED) is 0.429. The number of amides is 2. The number of carbonyl (C=O) groups is 2. The van der Waals surface area contributed by atoms with Gasteiger partial charge in [-0.05, 0) is 25.4 Å². The fourth-order valence-electron chi connectivity index (χ4n) is 2.55. The van der Waals surface area contributed by atoms with E-state index in [0.717, 1.165) is 0 Å². The molecule has 0 aromatic heterocycles. The highest BCUT2D eigenvalue weighted by Gasteiger charge is 2.34. The Kier molecular flexibility index (Phi) is 5.48. The van der Waals surface area contributed by atoms with E-state index in [2.05, 4.69) is 10.6 Å². The number of hydrogen-bond acceptors (Lipinski definition) is 6. The second-order valence-corrected chi connectivity index (χ2v) is 5.17. The third kappa shape index (κ3) is 3.52. The fraction of sp³-hybridized carbons (Fsp3) is 0.333. The maximum Gasteiger partial charge on any atom is 0.488 e. The summed E-state index contributed by atoms with van der Waals surface area (Å²) in [5, 5.41) is 23.9. The highest BCUT2D eigenvalue weighted by atomic mass is 16.5. The zero-order chi connectivity index (χ0) is 17.9. The predicted octanol–water partition coefficient (Wildman–Crippen LogP) is -0.434. The van der Waals surface area contributed by atoms with Gasteiger partial charge in [0.05, 0.1) is 25.3 Å². The standard InChI is InChI=1S/C15H19BN2O6/c1-4-24-14(19)12-8(2)17-15(20)18-13(12)10-7-9(16(21)22)5-6-11(10)23-3/h5-7,13,21-22H,4H2,1-3H3,(H2,17,18,20). The first-order valence-corrected chi connectivity index (χ1v) is 7.38.